The maximum Gasteiger partial charge on any atom is 0.349 e. The lowest BCUT2D eigenvalue weighted by Gasteiger charge is -2.08. The molecule has 0 unspecified atom stereocenters. The summed E-state index contributed by atoms with van der Waals surface area (Å²) >= 11 is 0. The van der Waals surface area contributed by atoms with Crippen LogP contribution in [0.1, 0.15) is 34.8 Å². The summed E-state index contributed by atoms with van der Waals surface area (Å²) in [5.41, 5.74) is 0.129. The van der Waals surface area contributed by atoms with Crippen LogP contribution in [0.2, 0.25) is 0 Å². The number of aryl methyl sites for hydroxylation is 1. The van der Waals surface area contributed by atoms with Gasteiger partial charge in [0.2, 0.25) is 0 Å². The van der Waals surface area contributed by atoms with E-state index in [1.54, 1.807) is 0 Å². The minimum Gasteiger partial charge on any atom is -0.423 e. The number of rotatable bonds is 5. The highest BCUT2D eigenvalue weighted by Crippen LogP contribution is 2.20. The number of nitriles is 1. The van der Waals surface area contributed by atoms with E-state index in [-0.39, 0.29) is 5.75 Å². The second-order valence-electron chi connectivity index (χ2n) is 5.07. The summed E-state index contributed by atoms with van der Waals surface area (Å²) in [6.07, 6.45) is 4.88. The number of esters is 1. The number of hydrogen-bond acceptors (Lipinski definition) is 3. The van der Waals surface area contributed by atoms with Gasteiger partial charge in [-0.2, -0.15) is 5.26 Å². The van der Waals surface area contributed by atoms with Crippen LogP contribution in [0.4, 0.5) is 8.78 Å². The molecule has 3 nitrogen and oxygen atoms in total. The molecule has 0 aliphatic rings. The standard InChI is InChI=1S/C19H15F2NO2/c1-2-3-4-5-14-10-16(20)18(17(21)11-14)19(23)24-15-8-6-13(12-22)7-9-15/h2-3,6-11H,4-5H2,1H3/b3-2+. The molecule has 2 aromatic carbocycles. The van der Waals surface area contributed by atoms with E-state index in [0.717, 1.165) is 12.1 Å². The summed E-state index contributed by atoms with van der Waals surface area (Å²) in [4.78, 5) is 12.0. The van der Waals surface area contributed by atoms with Crippen LogP contribution in [0.3, 0.4) is 0 Å². The fraction of sp³-hybridized carbons (Fsp3) is 0.158. The van der Waals surface area contributed by atoms with E-state index in [0.29, 0.717) is 24.0 Å². The number of benzene rings is 2. The summed E-state index contributed by atoms with van der Waals surface area (Å²) in [5, 5.41) is 8.70. The molecule has 0 amide bonds. The first kappa shape index (κ1) is 17.4. The Morgan fingerprint density at radius 1 is 1.21 bits per heavy atom. The van der Waals surface area contributed by atoms with Gasteiger partial charge in [0, 0.05) is 0 Å². The molecule has 0 N–H and O–H groups in total. The first-order valence-corrected chi connectivity index (χ1v) is 7.36. The average Bonchev–Trinajstić information content (AvgIpc) is 2.55. The van der Waals surface area contributed by atoms with Crippen molar-refractivity contribution in [3.8, 4) is 11.8 Å². The molecule has 0 aliphatic heterocycles. The molecule has 0 saturated carbocycles. The smallest absolute Gasteiger partial charge is 0.349 e. The summed E-state index contributed by atoms with van der Waals surface area (Å²) < 4.78 is 33.1. The molecule has 24 heavy (non-hydrogen) atoms. The quantitative estimate of drug-likeness (QED) is 0.459. The van der Waals surface area contributed by atoms with Crippen molar-refractivity contribution in [1.29, 1.82) is 5.26 Å². The fourth-order valence-corrected chi connectivity index (χ4v) is 2.14. The van der Waals surface area contributed by atoms with Crippen LogP contribution in [0.15, 0.2) is 48.6 Å². The normalized spacial score (nSPS) is 10.6. The molecule has 0 aromatic heterocycles. The Balaban J connectivity index is 2.17. The lowest BCUT2D eigenvalue weighted by Crippen LogP contribution is -2.13. The van der Waals surface area contributed by atoms with Crippen LogP contribution in [0, 0.1) is 23.0 Å². The minimum atomic E-state index is -1.12. The highest BCUT2D eigenvalue weighted by Gasteiger charge is 2.20. The molecule has 0 bridgehead atoms. The molecule has 0 fully saturated rings. The molecular weight excluding hydrogens is 312 g/mol. The predicted molar refractivity (Wildman–Crippen MR) is 85.6 cm³/mol. The van der Waals surface area contributed by atoms with Crippen molar-refractivity contribution in [1.82, 2.24) is 0 Å². The van der Waals surface area contributed by atoms with Gasteiger partial charge in [-0.25, -0.2) is 13.6 Å². The van der Waals surface area contributed by atoms with Crippen molar-refractivity contribution < 1.29 is 18.3 Å². The molecular formula is C19H15F2NO2. The van der Waals surface area contributed by atoms with Crippen molar-refractivity contribution in [2.45, 2.75) is 19.8 Å². The summed E-state index contributed by atoms with van der Waals surface area (Å²) in [5.74, 6) is -2.92. The van der Waals surface area contributed by atoms with Crippen LogP contribution in [0.25, 0.3) is 0 Å². The third-order valence-corrected chi connectivity index (χ3v) is 3.34. The van der Waals surface area contributed by atoms with E-state index < -0.39 is 23.2 Å². The van der Waals surface area contributed by atoms with Gasteiger partial charge in [-0.05, 0) is 61.7 Å². The van der Waals surface area contributed by atoms with Crippen LogP contribution in [-0.2, 0) is 6.42 Å². The molecule has 5 heteroatoms. The van der Waals surface area contributed by atoms with E-state index in [9.17, 15) is 13.6 Å². The Morgan fingerprint density at radius 2 is 1.83 bits per heavy atom. The number of hydrogen-bond donors (Lipinski definition) is 0. The first-order valence-electron chi connectivity index (χ1n) is 7.36. The molecule has 2 aromatic rings. The molecule has 0 aliphatic carbocycles. The predicted octanol–water partition coefficient (Wildman–Crippen LogP) is 4.56. The van der Waals surface area contributed by atoms with Crippen molar-refractivity contribution in [2.24, 2.45) is 0 Å². The zero-order valence-corrected chi connectivity index (χ0v) is 13.1. The van der Waals surface area contributed by atoms with E-state index in [4.69, 9.17) is 10.00 Å². The maximum atomic E-state index is 14.1. The molecule has 2 rings (SSSR count). The van der Waals surface area contributed by atoms with Gasteiger partial charge >= 0.3 is 5.97 Å². The Bertz CT molecular complexity index is 782. The third kappa shape index (κ3) is 4.26. The van der Waals surface area contributed by atoms with Crippen molar-refractivity contribution in [2.75, 3.05) is 0 Å². The first-order chi connectivity index (χ1) is 11.5. The zero-order valence-electron chi connectivity index (χ0n) is 13.1. The van der Waals surface area contributed by atoms with Gasteiger partial charge in [0.05, 0.1) is 11.6 Å². The second kappa shape index (κ2) is 8.02. The number of allylic oxidation sites excluding steroid dienone is 2. The van der Waals surface area contributed by atoms with Crippen molar-refractivity contribution in [3.63, 3.8) is 0 Å². The highest BCUT2D eigenvalue weighted by atomic mass is 19.1. The van der Waals surface area contributed by atoms with E-state index in [1.165, 1.54) is 24.3 Å². The third-order valence-electron chi connectivity index (χ3n) is 3.34. The average molecular weight is 327 g/mol. The molecule has 122 valence electrons. The number of ether oxygens (including phenoxy) is 1. The summed E-state index contributed by atoms with van der Waals surface area (Å²) in [7, 11) is 0. The van der Waals surface area contributed by atoms with Crippen LogP contribution >= 0.6 is 0 Å². The van der Waals surface area contributed by atoms with Gasteiger partial charge < -0.3 is 4.74 Å². The van der Waals surface area contributed by atoms with Crippen LogP contribution < -0.4 is 4.74 Å². The van der Waals surface area contributed by atoms with Gasteiger partial charge in [-0.15, -0.1) is 0 Å². The van der Waals surface area contributed by atoms with E-state index in [2.05, 4.69) is 0 Å². The Morgan fingerprint density at radius 3 is 2.38 bits per heavy atom. The van der Waals surface area contributed by atoms with Gasteiger partial charge in [-0.1, -0.05) is 12.2 Å². The van der Waals surface area contributed by atoms with E-state index in [1.807, 2.05) is 25.1 Å². The Labute approximate surface area is 138 Å². The summed E-state index contributed by atoms with van der Waals surface area (Å²) in [6, 6.07) is 9.86. The lowest BCUT2D eigenvalue weighted by atomic mass is 10.1. The SMILES string of the molecule is C/C=C/CCc1cc(F)c(C(=O)Oc2ccc(C#N)cc2)c(F)c1. The van der Waals surface area contributed by atoms with E-state index >= 15 is 0 Å². The number of nitrogens with zero attached hydrogens (tertiary/aromatic N) is 1. The molecule has 0 atom stereocenters. The number of carbonyl (C=O) groups excluding carboxylic acids is 1. The number of halogens is 2. The highest BCUT2D eigenvalue weighted by molar-refractivity contribution is 5.91. The number of carbonyl (C=O) groups is 1. The maximum absolute atomic E-state index is 14.1. The minimum absolute atomic E-state index is 0.106. The summed E-state index contributed by atoms with van der Waals surface area (Å²) in [6.45, 7) is 1.86. The van der Waals surface area contributed by atoms with Gasteiger partial charge in [0.1, 0.15) is 22.9 Å². The largest absolute Gasteiger partial charge is 0.423 e. The lowest BCUT2D eigenvalue weighted by molar-refractivity contribution is 0.0724. The van der Waals surface area contributed by atoms with Crippen molar-refractivity contribution >= 4 is 5.97 Å². The molecule has 0 radical (unpaired) electrons. The fourth-order valence-electron chi connectivity index (χ4n) is 2.14. The van der Waals surface area contributed by atoms with Crippen LogP contribution in [-0.4, -0.2) is 5.97 Å². The topological polar surface area (TPSA) is 50.1 Å². The molecule has 0 saturated heterocycles. The van der Waals surface area contributed by atoms with Gasteiger partial charge in [0.15, 0.2) is 0 Å². The van der Waals surface area contributed by atoms with Crippen molar-refractivity contribution in [3.05, 3.63) is 76.9 Å². The zero-order chi connectivity index (χ0) is 17.5. The molecule has 0 spiro atoms. The second-order valence-corrected chi connectivity index (χ2v) is 5.07. The van der Waals surface area contributed by atoms with Crippen LogP contribution in [0.5, 0.6) is 5.75 Å². The monoisotopic (exact) mass is 327 g/mol. The van der Waals surface area contributed by atoms with Gasteiger partial charge in [0.25, 0.3) is 0 Å². The Hall–Kier alpha value is -3.00. The van der Waals surface area contributed by atoms with Gasteiger partial charge in [-0.3, -0.25) is 0 Å². The molecule has 0 heterocycles. The Kier molecular flexibility index (Phi) is 5.80.